The maximum atomic E-state index is 12.4. The highest BCUT2D eigenvalue weighted by Gasteiger charge is 2.18. The van der Waals surface area contributed by atoms with E-state index < -0.39 is 0 Å². The second kappa shape index (κ2) is 8.90. The number of hydrogen-bond donors (Lipinski definition) is 2. The monoisotopic (exact) mass is 342 g/mol. The van der Waals surface area contributed by atoms with Crippen LogP contribution in [0.5, 0.6) is 0 Å². The van der Waals surface area contributed by atoms with Crippen LogP contribution in [-0.2, 0) is 12.8 Å². The number of piperidine rings is 1. The summed E-state index contributed by atoms with van der Waals surface area (Å²) in [7, 11) is 0. The van der Waals surface area contributed by atoms with Gasteiger partial charge in [-0.2, -0.15) is 0 Å². The summed E-state index contributed by atoms with van der Waals surface area (Å²) < 4.78 is 0. The Kier molecular flexibility index (Phi) is 7.19. The van der Waals surface area contributed by atoms with Crippen LogP contribution in [0.3, 0.4) is 0 Å². The quantitative estimate of drug-likeness (QED) is 0.881. The molecule has 1 aromatic heterocycles. The number of hydrogen-bond acceptors (Lipinski definition) is 3. The molecular weight excluding hydrogens is 316 g/mol. The van der Waals surface area contributed by atoms with Crippen molar-refractivity contribution in [3.05, 3.63) is 21.4 Å². The van der Waals surface area contributed by atoms with E-state index in [-0.39, 0.29) is 18.3 Å². The van der Waals surface area contributed by atoms with Crippen molar-refractivity contribution in [2.45, 2.75) is 51.4 Å². The minimum Gasteiger partial charge on any atom is -0.351 e. The molecule has 0 radical (unpaired) electrons. The van der Waals surface area contributed by atoms with Gasteiger partial charge in [0.05, 0.1) is 4.88 Å². The first kappa shape index (κ1) is 17.8. The predicted octanol–water partition coefficient (Wildman–Crippen LogP) is 3.56. The highest BCUT2D eigenvalue weighted by molar-refractivity contribution is 7.14. The second-order valence-electron chi connectivity index (χ2n) is 6.40. The summed E-state index contributed by atoms with van der Waals surface area (Å²) in [6.45, 7) is 2.98. The van der Waals surface area contributed by atoms with Crippen LogP contribution < -0.4 is 10.6 Å². The van der Waals surface area contributed by atoms with Crippen LogP contribution in [0.15, 0.2) is 6.07 Å². The molecule has 1 aromatic rings. The Balaban J connectivity index is 0.00000176. The summed E-state index contributed by atoms with van der Waals surface area (Å²) in [5.41, 5.74) is 1.43. The molecule has 0 saturated carbocycles. The molecule has 3 nitrogen and oxygen atoms in total. The fourth-order valence-corrected chi connectivity index (χ4v) is 4.55. The molecule has 0 aromatic carbocycles. The largest absolute Gasteiger partial charge is 0.351 e. The van der Waals surface area contributed by atoms with E-state index in [1.54, 1.807) is 11.3 Å². The van der Waals surface area contributed by atoms with Gasteiger partial charge in [-0.1, -0.05) is 12.8 Å². The molecule has 1 aliphatic carbocycles. The van der Waals surface area contributed by atoms with Crippen LogP contribution in [0.1, 0.15) is 58.6 Å². The number of thiophene rings is 1. The highest BCUT2D eigenvalue weighted by atomic mass is 35.5. The maximum Gasteiger partial charge on any atom is 0.261 e. The first-order valence-corrected chi connectivity index (χ1v) is 9.25. The van der Waals surface area contributed by atoms with E-state index in [1.165, 1.54) is 55.4 Å². The number of carbonyl (C=O) groups is 1. The molecule has 3 rings (SSSR count). The van der Waals surface area contributed by atoms with Gasteiger partial charge < -0.3 is 10.6 Å². The SMILES string of the molecule is Cl.O=C(NCC1CCCNC1)c1cc2c(s1)CCCCCC2. The molecule has 1 amide bonds. The number of amides is 1. The van der Waals surface area contributed by atoms with Crippen LogP contribution >= 0.6 is 23.7 Å². The van der Waals surface area contributed by atoms with Gasteiger partial charge >= 0.3 is 0 Å². The van der Waals surface area contributed by atoms with E-state index >= 15 is 0 Å². The van der Waals surface area contributed by atoms with Crippen molar-refractivity contribution in [1.29, 1.82) is 0 Å². The van der Waals surface area contributed by atoms with Crippen molar-refractivity contribution in [3.8, 4) is 0 Å². The Morgan fingerprint density at radius 3 is 2.82 bits per heavy atom. The van der Waals surface area contributed by atoms with Gasteiger partial charge in [-0.25, -0.2) is 0 Å². The lowest BCUT2D eigenvalue weighted by Gasteiger charge is -2.22. The fraction of sp³-hybridized carbons (Fsp3) is 0.706. The molecule has 1 fully saturated rings. The Bertz CT molecular complexity index is 458. The third-order valence-corrected chi connectivity index (χ3v) is 5.91. The molecule has 0 bridgehead atoms. The van der Waals surface area contributed by atoms with Crippen LogP contribution in [-0.4, -0.2) is 25.5 Å². The maximum absolute atomic E-state index is 12.4. The summed E-state index contributed by atoms with van der Waals surface area (Å²) in [4.78, 5) is 14.7. The van der Waals surface area contributed by atoms with Crippen LogP contribution in [0, 0.1) is 5.92 Å². The van der Waals surface area contributed by atoms with Crippen LogP contribution in [0.25, 0.3) is 0 Å². The van der Waals surface area contributed by atoms with Gasteiger partial charge in [0, 0.05) is 11.4 Å². The summed E-state index contributed by atoms with van der Waals surface area (Å²) in [6.07, 6.45) is 10.0. The van der Waals surface area contributed by atoms with Gasteiger partial charge in [0.25, 0.3) is 5.91 Å². The van der Waals surface area contributed by atoms with E-state index in [0.29, 0.717) is 5.92 Å². The number of nitrogens with one attached hydrogen (secondary N) is 2. The van der Waals surface area contributed by atoms with Gasteiger partial charge in [-0.3, -0.25) is 4.79 Å². The molecule has 2 heterocycles. The number of carbonyl (C=O) groups excluding carboxylic acids is 1. The molecule has 1 saturated heterocycles. The van der Waals surface area contributed by atoms with Crippen molar-refractivity contribution in [1.82, 2.24) is 10.6 Å². The van der Waals surface area contributed by atoms with Crippen molar-refractivity contribution in [3.63, 3.8) is 0 Å². The molecule has 5 heteroatoms. The van der Waals surface area contributed by atoms with Gasteiger partial charge in [-0.15, -0.1) is 23.7 Å². The molecule has 1 aliphatic heterocycles. The third-order valence-electron chi connectivity index (χ3n) is 4.67. The van der Waals surface area contributed by atoms with E-state index in [0.717, 1.165) is 30.9 Å². The lowest BCUT2D eigenvalue weighted by molar-refractivity contribution is 0.0949. The zero-order valence-electron chi connectivity index (χ0n) is 13.2. The zero-order chi connectivity index (χ0) is 14.5. The number of aryl methyl sites for hydroxylation is 2. The molecule has 1 unspecified atom stereocenters. The van der Waals surface area contributed by atoms with Gasteiger partial charge in [-0.05, 0) is 69.2 Å². The van der Waals surface area contributed by atoms with Gasteiger partial charge in [0.15, 0.2) is 0 Å². The average molecular weight is 343 g/mol. The fourth-order valence-electron chi connectivity index (χ4n) is 3.38. The standard InChI is InChI=1S/C17H26N2OS.ClH/c20-17(19-12-13-6-5-9-18-11-13)16-10-14-7-3-1-2-4-8-15(14)21-16;/h10,13,18H,1-9,11-12H2,(H,19,20);1H. The summed E-state index contributed by atoms with van der Waals surface area (Å²) >= 11 is 1.72. The molecule has 2 aliphatic rings. The van der Waals surface area contributed by atoms with Crippen molar-refractivity contribution in [2.75, 3.05) is 19.6 Å². The first-order chi connectivity index (χ1) is 10.3. The number of rotatable bonds is 3. The Labute approximate surface area is 143 Å². The molecule has 0 spiro atoms. The smallest absolute Gasteiger partial charge is 0.261 e. The lowest BCUT2D eigenvalue weighted by Crippen LogP contribution is -2.37. The third kappa shape index (κ3) is 4.71. The summed E-state index contributed by atoms with van der Waals surface area (Å²) in [5, 5.41) is 6.54. The topological polar surface area (TPSA) is 41.1 Å². The van der Waals surface area contributed by atoms with E-state index in [9.17, 15) is 4.79 Å². The average Bonchev–Trinajstić information content (AvgIpc) is 2.88. The number of fused-ring (bicyclic) bond motifs is 1. The summed E-state index contributed by atoms with van der Waals surface area (Å²) in [6, 6.07) is 2.15. The minimum atomic E-state index is 0. The van der Waals surface area contributed by atoms with Crippen molar-refractivity contribution >= 4 is 29.7 Å². The van der Waals surface area contributed by atoms with Crippen molar-refractivity contribution in [2.24, 2.45) is 5.92 Å². The van der Waals surface area contributed by atoms with Gasteiger partial charge in [0.1, 0.15) is 0 Å². The zero-order valence-corrected chi connectivity index (χ0v) is 14.8. The second-order valence-corrected chi connectivity index (χ2v) is 7.53. The van der Waals surface area contributed by atoms with Crippen molar-refractivity contribution < 1.29 is 4.79 Å². The normalized spacial score (nSPS) is 21.9. The van der Waals surface area contributed by atoms with E-state index in [1.807, 2.05) is 0 Å². The van der Waals surface area contributed by atoms with Gasteiger partial charge in [0.2, 0.25) is 0 Å². The predicted molar refractivity (Wildman–Crippen MR) is 95.4 cm³/mol. The lowest BCUT2D eigenvalue weighted by atomic mass is 9.99. The molecule has 124 valence electrons. The Morgan fingerprint density at radius 1 is 1.23 bits per heavy atom. The van der Waals surface area contributed by atoms with Crippen LogP contribution in [0.2, 0.25) is 0 Å². The Morgan fingerprint density at radius 2 is 2.05 bits per heavy atom. The Hall–Kier alpha value is -0.580. The summed E-state index contributed by atoms with van der Waals surface area (Å²) in [5.74, 6) is 0.737. The molecular formula is C17H27ClN2OS. The van der Waals surface area contributed by atoms with Crippen LogP contribution in [0.4, 0.5) is 0 Å². The van der Waals surface area contributed by atoms with E-state index in [2.05, 4.69) is 16.7 Å². The molecule has 2 N–H and O–H groups in total. The van der Waals surface area contributed by atoms with E-state index in [4.69, 9.17) is 0 Å². The number of halogens is 1. The molecule has 22 heavy (non-hydrogen) atoms. The highest BCUT2D eigenvalue weighted by Crippen LogP contribution is 2.28. The molecule has 1 atom stereocenters. The first-order valence-electron chi connectivity index (χ1n) is 8.43. The minimum absolute atomic E-state index is 0.